The number of pyridine rings is 1. The van der Waals surface area contributed by atoms with Crippen molar-refractivity contribution in [1.29, 1.82) is 0 Å². The molecule has 28 heavy (non-hydrogen) atoms. The highest BCUT2D eigenvalue weighted by molar-refractivity contribution is 8.03. The van der Waals surface area contributed by atoms with Gasteiger partial charge in [0.1, 0.15) is 5.70 Å². The summed E-state index contributed by atoms with van der Waals surface area (Å²) in [4.78, 5) is 32.9. The van der Waals surface area contributed by atoms with Crippen molar-refractivity contribution in [2.24, 2.45) is 11.8 Å². The van der Waals surface area contributed by atoms with Gasteiger partial charge in [0.25, 0.3) is 0 Å². The van der Waals surface area contributed by atoms with Gasteiger partial charge in [0.2, 0.25) is 5.91 Å². The highest BCUT2D eigenvalue weighted by atomic mass is 32.2. The van der Waals surface area contributed by atoms with E-state index in [4.69, 9.17) is 0 Å². The van der Waals surface area contributed by atoms with E-state index in [0.29, 0.717) is 5.25 Å². The zero-order valence-electron chi connectivity index (χ0n) is 16.0. The van der Waals surface area contributed by atoms with E-state index in [1.807, 2.05) is 19.1 Å². The smallest absolute Gasteiger partial charge is 0.353 e. The van der Waals surface area contributed by atoms with Crippen LogP contribution in [0.25, 0.3) is 0 Å². The minimum atomic E-state index is -1.05. The van der Waals surface area contributed by atoms with Crippen LogP contribution in [0.4, 0.5) is 0 Å². The van der Waals surface area contributed by atoms with Gasteiger partial charge in [0, 0.05) is 41.6 Å². The number of amides is 1. The van der Waals surface area contributed by atoms with Crippen LogP contribution in [0.1, 0.15) is 25.8 Å². The molecule has 2 fully saturated rings. The van der Waals surface area contributed by atoms with Crippen LogP contribution in [-0.2, 0) is 16.1 Å². The molecule has 1 amide bonds. The summed E-state index contributed by atoms with van der Waals surface area (Å²) in [7, 11) is 0. The van der Waals surface area contributed by atoms with E-state index in [0.717, 1.165) is 31.0 Å². The Morgan fingerprint density at radius 2 is 2.11 bits per heavy atom. The Balaban J connectivity index is 1.47. The maximum Gasteiger partial charge on any atom is 0.353 e. The van der Waals surface area contributed by atoms with Crippen LogP contribution in [0.3, 0.4) is 0 Å². The summed E-state index contributed by atoms with van der Waals surface area (Å²) in [5.74, 6) is -1.90. The molecule has 1 aromatic rings. The maximum absolute atomic E-state index is 12.4. The van der Waals surface area contributed by atoms with Gasteiger partial charge in [-0.05, 0) is 37.6 Å². The number of rotatable bonds is 6. The highest BCUT2D eigenvalue weighted by Crippen LogP contribution is 2.51. The molecule has 2 saturated heterocycles. The van der Waals surface area contributed by atoms with E-state index < -0.39 is 18.0 Å². The van der Waals surface area contributed by atoms with Crippen LogP contribution in [0.5, 0.6) is 0 Å². The molecule has 0 bridgehead atoms. The molecule has 3 aliphatic rings. The second kappa shape index (κ2) is 7.50. The number of aliphatic carboxylic acids is 1. The first kappa shape index (κ1) is 19.4. The summed E-state index contributed by atoms with van der Waals surface area (Å²) in [6.07, 6.45) is 3.80. The predicted octanol–water partition coefficient (Wildman–Crippen LogP) is 1.54. The summed E-state index contributed by atoms with van der Waals surface area (Å²) in [5.41, 5.74) is 1.34. The average molecular weight is 404 g/mol. The molecule has 4 rings (SSSR count). The number of hydrogen-bond donors (Lipinski definition) is 2. The number of fused-ring (bicyclic) bond motifs is 1. The molecule has 0 unspecified atom stereocenters. The number of aliphatic hydroxyl groups excluding tert-OH is 1. The molecular weight excluding hydrogens is 378 g/mol. The maximum atomic E-state index is 12.4. The first-order valence-corrected chi connectivity index (χ1v) is 10.5. The molecule has 4 heterocycles. The Kier molecular flexibility index (Phi) is 5.20. The van der Waals surface area contributed by atoms with Crippen molar-refractivity contribution in [2.75, 3.05) is 13.1 Å². The van der Waals surface area contributed by atoms with Gasteiger partial charge in [-0.15, -0.1) is 11.8 Å². The Hall–Kier alpha value is -1.90. The first-order chi connectivity index (χ1) is 13.4. The lowest BCUT2D eigenvalue weighted by Crippen LogP contribution is -2.63. The third-order valence-electron chi connectivity index (χ3n) is 5.99. The van der Waals surface area contributed by atoms with Crippen LogP contribution in [0, 0.1) is 11.8 Å². The summed E-state index contributed by atoms with van der Waals surface area (Å²) in [5, 5.41) is 20.0. The van der Waals surface area contributed by atoms with Gasteiger partial charge in [0.15, 0.2) is 0 Å². The monoisotopic (exact) mass is 403 g/mol. The third kappa shape index (κ3) is 3.23. The fourth-order valence-corrected chi connectivity index (χ4v) is 6.16. The van der Waals surface area contributed by atoms with Crippen LogP contribution >= 0.6 is 11.8 Å². The topological polar surface area (TPSA) is 94.0 Å². The number of likely N-dealkylation sites (tertiary alicyclic amines) is 1. The lowest BCUT2D eigenvalue weighted by atomic mass is 9.79. The van der Waals surface area contributed by atoms with E-state index in [1.54, 1.807) is 31.1 Å². The van der Waals surface area contributed by atoms with E-state index in [-0.39, 0.29) is 23.6 Å². The van der Waals surface area contributed by atoms with Crippen molar-refractivity contribution < 1.29 is 19.8 Å². The zero-order valence-corrected chi connectivity index (χ0v) is 16.8. The van der Waals surface area contributed by atoms with Crippen LogP contribution in [-0.4, -0.2) is 67.4 Å². The summed E-state index contributed by atoms with van der Waals surface area (Å²) in [6, 6.07) is 3.78. The molecular formula is C20H25N3O4S. The third-order valence-corrected chi connectivity index (χ3v) is 7.53. The minimum Gasteiger partial charge on any atom is -0.477 e. The van der Waals surface area contributed by atoms with Gasteiger partial charge in [-0.1, -0.05) is 6.92 Å². The number of carbonyl (C=O) groups is 2. The quantitative estimate of drug-likeness (QED) is 0.696. The molecule has 1 aromatic heterocycles. The number of carboxylic acids is 1. The number of hydrogen-bond acceptors (Lipinski definition) is 6. The predicted molar refractivity (Wildman–Crippen MR) is 105 cm³/mol. The number of aromatic nitrogens is 1. The molecule has 8 heteroatoms. The number of nitrogens with zero attached hydrogens (tertiary/aromatic N) is 3. The van der Waals surface area contributed by atoms with E-state index in [2.05, 4.69) is 9.88 Å². The van der Waals surface area contributed by atoms with Crippen LogP contribution in [0.15, 0.2) is 35.1 Å². The minimum absolute atomic E-state index is 0.0670. The fraction of sp³-hybridized carbons (Fsp3) is 0.550. The Bertz CT molecular complexity index is 813. The van der Waals surface area contributed by atoms with Crippen LogP contribution in [0.2, 0.25) is 0 Å². The second-order valence-electron chi connectivity index (χ2n) is 7.89. The Morgan fingerprint density at radius 1 is 1.39 bits per heavy atom. The number of carbonyl (C=O) groups excluding carboxylic acids is 1. The van der Waals surface area contributed by atoms with Crippen molar-refractivity contribution in [3.05, 3.63) is 40.7 Å². The molecule has 0 aliphatic carbocycles. The molecule has 150 valence electrons. The standard InChI is InChI=1S/C20H25N3O4S/c1-11-16-15(12(2)24)19(25)23(16)17(20(26)27)18(11)28-14-5-8-22(10-14)9-13-3-6-21-7-4-13/h3-4,6-7,11-12,14-16,24H,5,8-10H2,1-2H3,(H,26,27)/t11-,12-,14-,15-,16-/m1/s1. The van der Waals surface area contributed by atoms with Gasteiger partial charge in [-0.3, -0.25) is 14.7 Å². The molecule has 0 spiro atoms. The van der Waals surface area contributed by atoms with E-state index >= 15 is 0 Å². The van der Waals surface area contributed by atoms with Gasteiger partial charge < -0.3 is 15.1 Å². The molecule has 0 radical (unpaired) electrons. The SMILES string of the molecule is C[C@@H](O)[C@H]1C(=O)N2C(C(=O)O)=C(S[C@@H]3CCN(Cc4ccncc4)C3)[C@H](C)[C@H]12. The second-order valence-corrected chi connectivity index (χ2v) is 9.23. The van der Waals surface area contributed by atoms with Gasteiger partial charge in [0.05, 0.1) is 18.1 Å². The van der Waals surface area contributed by atoms with Crippen LogP contribution < -0.4 is 0 Å². The zero-order chi connectivity index (χ0) is 20.0. The normalized spacial score (nSPS) is 31.1. The molecule has 7 nitrogen and oxygen atoms in total. The van der Waals surface area contributed by atoms with Crippen molar-refractivity contribution in [1.82, 2.24) is 14.8 Å². The molecule has 2 N–H and O–H groups in total. The largest absolute Gasteiger partial charge is 0.477 e. The number of aliphatic hydroxyl groups is 1. The highest BCUT2D eigenvalue weighted by Gasteiger charge is 2.60. The van der Waals surface area contributed by atoms with Crippen molar-refractivity contribution >= 4 is 23.6 Å². The number of thioether (sulfide) groups is 1. The van der Waals surface area contributed by atoms with Gasteiger partial charge in [-0.25, -0.2) is 4.79 Å². The fourth-order valence-electron chi connectivity index (χ4n) is 4.64. The van der Waals surface area contributed by atoms with E-state index in [1.165, 1.54) is 10.5 Å². The molecule has 0 aromatic carbocycles. The van der Waals surface area contributed by atoms with Gasteiger partial charge >= 0.3 is 5.97 Å². The van der Waals surface area contributed by atoms with Gasteiger partial charge in [-0.2, -0.15) is 0 Å². The Morgan fingerprint density at radius 3 is 2.75 bits per heavy atom. The average Bonchev–Trinajstić information content (AvgIpc) is 3.17. The molecule has 3 aliphatic heterocycles. The lowest BCUT2D eigenvalue weighted by Gasteiger charge is -2.46. The van der Waals surface area contributed by atoms with Crippen molar-refractivity contribution in [3.8, 4) is 0 Å². The summed E-state index contributed by atoms with van der Waals surface area (Å²) < 4.78 is 0. The molecule has 0 saturated carbocycles. The van der Waals surface area contributed by atoms with Crippen molar-refractivity contribution in [3.63, 3.8) is 0 Å². The first-order valence-electron chi connectivity index (χ1n) is 9.65. The summed E-state index contributed by atoms with van der Waals surface area (Å²) in [6.45, 7) is 6.28. The summed E-state index contributed by atoms with van der Waals surface area (Å²) >= 11 is 1.61. The lowest BCUT2D eigenvalue weighted by molar-refractivity contribution is -0.163. The van der Waals surface area contributed by atoms with E-state index in [9.17, 15) is 19.8 Å². The molecule has 5 atom stereocenters. The van der Waals surface area contributed by atoms with Crippen molar-refractivity contribution in [2.45, 2.75) is 44.2 Å². The Labute approximate surface area is 168 Å². The number of β-lactam (4-membered cyclic amide) rings is 1. The number of carboxylic acid groups (broad SMARTS) is 1.